The van der Waals surface area contributed by atoms with E-state index in [0.29, 0.717) is 10.8 Å². The first-order valence-electron chi connectivity index (χ1n) is 6.18. The molecule has 0 aliphatic rings. The summed E-state index contributed by atoms with van der Waals surface area (Å²) in [6.45, 7) is 5.80. The lowest BCUT2D eigenvalue weighted by molar-refractivity contribution is 1.03. The molecular formula is C14H16BrClN4. The maximum absolute atomic E-state index is 6.18. The lowest BCUT2D eigenvalue weighted by atomic mass is 10.2. The standard InChI is InChI=1S/C14H16BrClN4/c1-7-5-10(15)12(6-11(7)16)20-14-8(2)13(17-4)18-9(3)19-14/h5-6H,1-4H3,(H2,17,18,19,20). The monoisotopic (exact) mass is 354 g/mol. The molecule has 2 rings (SSSR count). The first-order valence-corrected chi connectivity index (χ1v) is 7.35. The van der Waals surface area contributed by atoms with Crippen molar-refractivity contribution in [1.29, 1.82) is 0 Å². The lowest BCUT2D eigenvalue weighted by Gasteiger charge is -2.14. The van der Waals surface area contributed by atoms with Crippen molar-refractivity contribution in [3.05, 3.63) is 38.6 Å². The van der Waals surface area contributed by atoms with Crippen LogP contribution in [0.4, 0.5) is 17.3 Å². The minimum Gasteiger partial charge on any atom is -0.373 e. The summed E-state index contributed by atoms with van der Waals surface area (Å²) in [7, 11) is 1.84. The Morgan fingerprint density at radius 3 is 2.40 bits per heavy atom. The van der Waals surface area contributed by atoms with Crippen molar-refractivity contribution in [2.24, 2.45) is 0 Å². The highest BCUT2D eigenvalue weighted by Gasteiger charge is 2.11. The quantitative estimate of drug-likeness (QED) is 0.844. The van der Waals surface area contributed by atoms with Gasteiger partial charge in [0.15, 0.2) is 0 Å². The SMILES string of the molecule is CNc1nc(C)nc(Nc2cc(Cl)c(C)cc2Br)c1C. The van der Waals surface area contributed by atoms with E-state index in [0.717, 1.165) is 32.9 Å². The van der Waals surface area contributed by atoms with Gasteiger partial charge >= 0.3 is 0 Å². The molecule has 0 radical (unpaired) electrons. The molecule has 1 aromatic carbocycles. The van der Waals surface area contributed by atoms with E-state index in [2.05, 4.69) is 36.5 Å². The number of hydrogen-bond acceptors (Lipinski definition) is 4. The van der Waals surface area contributed by atoms with Gasteiger partial charge < -0.3 is 10.6 Å². The molecule has 1 heterocycles. The van der Waals surface area contributed by atoms with Crippen LogP contribution in [-0.2, 0) is 0 Å². The number of hydrogen-bond donors (Lipinski definition) is 2. The molecule has 1 aromatic heterocycles. The van der Waals surface area contributed by atoms with Gasteiger partial charge in [-0.3, -0.25) is 0 Å². The van der Waals surface area contributed by atoms with Crippen LogP contribution in [0.2, 0.25) is 5.02 Å². The summed E-state index contributed by atoms with van der Waals surface area (Å²) in [5, 5.41) is 7.09. The van der Waals surface area contributed by atoms with Crippen LogP contribution in [0, 0.1) is 20.8 Å². The smallest absolute Gasteiger partial charge is 0.139 e. The fourth-order valence-electron chi connectivity index (χ4n) is 1.86. The third-order valence-electron chi connectivity index (χ3n) is 3.00. The summed E-state index contributed by atoms with van der Waals surface area (Å²) in [6.07, 6.45) is 0. The molecule has 0 unspecified atom stereocenters. The van der Waals surface area contributed by atoms with Crippen LogP contribution in [0.15, 0.2) is 16.6 Å². The fraction of sp³-hybridized carbons (Fsp3) is 0.286. The molecule has 0 atom stereocenters. The van der Waals surface area contributed by atoms with Crippen molar-refractivity contribution in [2.45, 2.75) is 20.8 Å². The van der Waals surface area contributed by atoms with Crippen LogP contribution in [0.3, 0.4) is 0 Å². The molecule has 0 fully saturated rings. The average molecular weight is 356 g/mol. The topological polar surface area (TPSA) is 49.8 Å². The highest BCUT2D eigenvalue weighted by molar-refractivity contribution is 9.10. The lowest BCUT2D eigenvalue weighted by Crippen LogP contribution is -2.05. The summed E-state index contributed by atoms with van der Waals surface area (Å²) in [4.78, 5) is 8.79. The molecule has 2 aromatic rings. The van der Waals surface area contributed by atoms with E-state index in [-0.39, 0.29) is 0 Å². The minimum atomic E-state index is 0.705. The first-order chi connectivity index (χ1) is 9.42. The van der Waals surface area contributed by atoms with Crippen LogP contribution >= 0.6 is 27.5 Å². The highest BCUT2D eigenvalue weighted by Crippen LogP contribution is 2.32. The van der Waals surface area contributed by atoms with Crippen LogP contribution in [0.25, 0.3) is 0 Å². The molecule has 4 nitrogen and oxygen atoms in total. The molecule has 6 heteroatoms. The molecule has 20 heavy (non-hydrogen) atoms. The van der Waals surface area contributed by atoms with Gasteiger partial charge in [-0.25, -0.2) is 9.97 Å². The normalized spacial score (nSPS) is 10.5. The van der Waals surface area contributed by atoms with E-state index in [1.54, 1.807) is 0 Å². The Hall–Kier alpha value is -1.33. The number of aryl methyl sites for hydroxylation is 2. The van der Waals surface area contributed by atoms with Gasteiger partial charge in [-0.2, -0.15) is 0 Å². The average Bonchev–Trinajstić information content (AvgIpc) is 2.39. The van der Waals surface area contributed by atoms with Gasteiger partial charge in [0.1, 0.15) is 17.5 Å². The summed E-state index contributed by atoms with van der Waals surface area (Å²) in [6, 6.07) is 3.87. The van der Waals surface area contributed by atoms with E-state index in [9.17, 15) is 0 Å². The molecule has 0 saturated carbocycles. The Labute approximate surface area is 132 Å². The molecule has 0 amide bonds. The van der Waals surface area contributed by atoms with Crippen LogP contribution < -0.4 is 10.6 Å². The van der Waals surface area contributed by atoms with Crippen LogP contribution in [0.5, 0.6) is 0 Å². The summed E-state index contributed by atoms with van der Waals surface area (Å²) >= 11 is 9.71. The van der Waals surface area contributed by atoms with Gasteiger partial charge in [-0.1, -0.05) is 11.6 Å². The summed E-state index contributed by atoms with van der Waals surface area (Å²) in [5.41, 5.74) is 2.86. The van der Waals surface area contributed by atoms with Crippen molar-refractivity contribution in [3.63, 3.8) is 0 Å². The van der Waals surface area contributed by atoms with Gasteiger partial charge in [0.2, 0.25) is 0 Å². The van der Waals surface area contributed by atoms with Crippen molar-refractivity contribution in [1.82, 2.24) is 9.97 Å². The zero-order valence-corrected chi connectivity index (χ0v) is 14.1. The second-order valence-corrected chi connectivity index (χ2v) is 5.81. The third-order valence-corrected chi connectivity index (χ3v) is 4.06. The van der Waals surface area contributed by atoms with Gasteiger partial charge in [-0.15, -0.1) is 0 Å². The molecule has 2 N–H and O–H groups in total. The second-order valence-electron chi connectivity index (χ2n) is 4.55. The predicted molar refractivity (Wildman–Crippen MR) is 88.2 cm³/mol. The van der Waals surface area contributed by atoms with Crippen LogP contribution in [-0.4, -0.2) is 17.0 Å². The summed E-state index contributed by atoms with van der Waals surface area (Å²) < 4.78 is 0.945. The van der Waals surface area contributed by atoms with Crippen molar-refractivity contribution >= 4 is 44.9 Å². The number of aromatic nitrogens is 2. The minimum absolute atomic E-state index is 0.705. The Balaban J connectivity index is 2.45. The predicted octanol–water partition coefficient (Wildman–Crippen LogP) is 4.60. The molecule has 106 valence electrons. The molecular weight excluding hydrogens is 340 g/mol. The summed E-state index contributed by atoms with van der Waals surface area (Å²) in [5.74, 6) is 2.29. The Morgan fingerprint density at radius 2 is 1.75 bits per heavy atom. The maximum Gasteiger partial charge on any atom is 0.139 e. The zero-order chi connectivity index (χ0) is 14.9. The number of nitrogens with one attached hydrogen (secondary N) is 2. The molecule has 0 aliphatic heterocycles. The fourth-order valence-corrected chi connectivity index (χ4v) is 2.58. The van der Waals surface area contributed by atoms with Crippen molar-refractivity contribution < 1.29 is 0 Å². The van der Waals surface area contributed by atoms with E-state index >= 15 is 0 Å². The number of anilines is 3. The van der Waals surface area contributed by atoms with Gasteiger partial charge in [0.05, 0.1) is 5.69 Å². The molecule has 0 spiro atoms. The maximum atomic E-state index is 6.18. The number of rotatable bonds is 3. The molecule has 0 aliphatic carbocycles. The Kier molecular flexibility index (Phi) is 4.50. The molecule has 0 saturated heterocycles. The second kappa shape index (κ2) is 5.97. The number of nitrogens with zero attached hydrogens (tertiary/aromatic N) is 2. The largest absolute Gasteiger partial charge is 0.373 e. The number of benzene rings is 1. The number of halogens is 2. The van der Waals surface area contributed by atoms with Gasteiger partial charge in [0.25, 0.3) is 0 Å². The van der Waals surface area contributed by atoms with E-state index in [1.165, 1.54) is 0 Å². The van der Waals surface area contributed by atoms with Gasteiger partial charge in [0, 0.05) is 22.1 Å². The highest BCUT2D eigenvalue weighted by atomic mass is 79.9. The molecule has 0 bridgehead atoms. The van der Waals surface area contributed by atoms with Gasteiger partial charge in [-0.05, 0) is 54.4 Å². The van der Waals surface area contributed by atoms with Crippen molar-refractivity contribution in [3.8, 4) is 0 Å². The zero-order valence-electron chi connectivity index (χ0n) is 11.8. The Morgan fingerprint density at radius 1 is 1.10 bits per heavy atom. The first kappa shape index (κ1) is 15.1. The van der Waals surface area contributed by atoms with Crippen molar-refractivity contribution in [2.75, 3.05) is 17.7 Å². The third kappa shape index (κ3) is 3.04. The van der Waals surface area contributed by atoms with E-state index in [1.807, 2.05) is 40.0 Å². The van der Waals surface area contributed by atoms with E-state index in [4.69, 9.17) is 11.6 Å². The van der Waals surface area contributed by atoms with E-state index < -0.39 is 0 Å². The van der Waals surface area contributed by atoms with Crippen LogP contribution in [0.1, 0.15) is 17.0 Å². The Bertz CT molecular complexity index is 658.